The van der Waals surface area contributed by atoms with Crippen molar-refractivity contribution in [3.8, 4) is 5.69 Å². The first kappa shape index (κ1) is 15.1. The monoisotopic (exact) mass is 315 g/mol. The summed E-state index contributed by atoms with van der Waals surface area (Å²) in [6.07, 6.45) is 4.05. The number of tetrazole rings is 1. The van der Waals surface area contributed by atoms with Gasteiger partial charge in [-0.3, -0.25) is 9.59 Å². The zero-order chi connectivity index (χ0) is 16.2. The Morgan fingerprint density at radius 1 is 1.22 bits per heavy atom. The summed E-state index contributed by atoms with van der Waals surface area (Å²) in [5.74, 6) is -1.20. The minimum atomic E-state index is -0.746. The van der Waals surface area contributed by atoms with E-state index in [2.05, 4.69) is 20.8 Å². The third-order valence-corrected chi connectivity index (χ3v) is 4.13. The zero-order valence-corrected chi connectivity index (χ0v) is 12.4. The highest BCUT2D eigenvalue weighted by molar-refractivity contribution is 5.94. The van der Waals surface area contributed by atoms with Crippen LogP contribution in [0, 0.1) is 5.92 Å². The zero-order valence-electron chi connectivity index (χ0n) is 12.4. The molecule has 1 saturated carbocycles. The topological polar surface area (TPSA) is 110 Å². The van der Waals surface area contributed by atoms with Crippen molar-refractivity contribution >= 4 is 11.9 Å². The number of carbonyl (C=O) groups is 2. The van der Waals surface area contributed by atoms with E-state index in [-0.39, 0.29) is 17.9 Å². The van der Waals surface area contributed by atoms with Gasteiger partial charge >= 0.3 is 5.97 Å². The lowest BCUT2D eigenvalue weighted by Gasteiger charge is -2.26. The van der Waals surface area contributed by atoms with Crippen LogP contribution in [0.1, 0.15) is 36.0 Å². The van der Waals surface area contributed by atoms with Gasteiger partial charge in [0.2, 0.25) is 0 Å². The first-order valence-corrected chi connectivity index (χ1v) is 7.50. The Kier molecular flexibility index (Phi) is 4.31. The summed E-state index contributed by atoms with van der Waals surface area (Å²) < 4.78 is 1.48. The molecule has 0 saturated heterocycles. The van der Waals surface area contributed by atoms with Crippen molar-refractivity contribution in [1.29, 1.82) is 0 Å². The van der Waals surface area contributed by atoms with Gasteiger partial charge in [-0.2, -0.15) is 0 Å². The summed E-state index contributed by atoms with van der Waals surface area (Å²) in [4.78, 5) is 23.3. The van der Waals surface area contributed by atoms with Crippen molar-refractivity contribution in [3.05, 3.63) is 36.2 Å². The highest BCUT2D eigenvalue weighted by atomic mass is 16.4. The summed E-state index contributed by atoms with van der Waals surface area (Å²) in [7, 11) is 0. The summed E-state index contributed by atoms with van der Waals surface area (Å²) in [5.41, 5.74) is 1.23. The Balaban J connectivity index is 1.63. The van der Waals surface area contributed by atoms with Crippen LogP contribution in [0.25, 0.3) is 5.69 Å². The van der Waals surface area contributed by atoms with Gasteiger partial charge in [-0.25, -0.2) is 4.68 Å². The standard InChI is InChI=1S/C15H17N5O3/c21-14(17-12-6-4-10(5-7-12)15(22)23)11-2-1-3-13(8-11)20-9-16-18-19-20/h1-3,8-10,12H,4-7H2,(H,17,21)(H,22,23). The molecule has 0 spiro atoms. The summed E-state index contributed by atoms with van der Waals surface area (Å²) in [6, 6.07) is 7.05. The first-order chi connectivity index (χ1) is 11.1. The molecule has 1 heterocycles. The second-order valence-corrected chi connectivity index (χ2v) is 5.66. The van der Waals surface area contributed by atoms with Gasteiger partial charge in [0.1, 0.15) is 6.33 Å². The van der Waals surface area contributed by atoms with Crippen molar-refractivity contribution in [3.63, 3.8) is 0 Å². The minimum Gasteiger partial charge on any atom is -0.481 e. The van der Waals surface area contributed by atoms with E-state index in [1.165, 1.54) is 11.0 Å². The largest absolute Gasteiger partial charge is 0.481 e. The maximum absolute atomic E-state index is 12.4. The molecule has 1 aromatic carbocycles. The number of aliphatic carboxylic acids is 1. The highest BCUT2D eigenvalue weighted by Gasteiger charge is 2.26. The van der Waals surface area contributed by atoms with Gasteiger partial charge < -0.3 is 10.4 Å². The minimum absolute atomic E-state index is 0.0230. The fourth-order valence-electron chi connectivity index (χ4n) is 2.82. The fourth-order valence-corrected chi connectivity index (χ4v) is 2.82. The van der Waals surface area contributed by atoms with E-state index in [0.29, 0.717) is 36.9 Å². The molecule has 3 rings (SSSR count). The molecule has 23 heavy (non-hydrogen) atoms. The van der Waals surface area contributed by atoms with Crippen LogP contribution in [0.3, 0.4) is 0 Å². The molecule has 0 atom stereocenters. The maximum atomic E-state index is 12.4. The van der Waals surface area contributed by atoms with Gasteiger partial charge in [0.05, 0.1) is 11.6 Å². The number of benzene rings is 1. The van der Waals surface area contributed by atoms with Crippen LogP contribution in [0.5, 0.6) is 0 Å². The molecule has 120 valence electrons. The molecule has 1 fully saturated rings. The van der Waals surface area contributed by atoms with E-state index in [0.717, 1.165) is 0 Å². The maximum Gasteiger partial charge on any atom is 0.306 e. The number of hydrogen-bond donors (Lipinski definition) is 2. The van der Waals surface area contributed by atoms with Crippen molar-refractivity contribution < 1.29 is 14.7 Å². The number of hydrogen-bond acceptors (Lipinski definition) is 5. The number of carbonyl (C=O) groups excluding carboxylic acids is 1. The quantitative estimate of drug-likeness (QED) is 0.872. The fraction of sp³-hybridized carbons (Fsp3) is 0.400. The number of carboxylic acids is 1. The molecule has 0 bridgehead atoms. The number of nitrogens with zero attached hydrogens (tertiary/aromatic N) is 4. The van der Waals surface area contributed by atoms with Crippen LogP contribution in [-0.2, 0) is 4.79 Å². The van der Waals surface area contributed by atoms with Gasteiger partial charge in [-0.15, -0.1) is 5.10 Å². The van der Waals surface area contributed by atoms with E-state index in [9.17, 15) is 9.59 Å². The molecular formula is C15H17N5O3. The highest BCUT2D eigenvalue weighted by Crippen LogP contribution is 2.24. The molecule has 0 radical (unpaired) electrons. The Morgan fingerprint density at radius 2 is 2.00 bits per heavy atom. The number of rotatable bonds is 4. The van der Waals surface area contributed by atoms with Crippen molar-refractivity contribution in [2.24, 2.45) is 5.92 Å². The van der Waals surface area contributed by atoms with E-state index in [1.807, 2.05) is 6.07 Å². The van der Waals surface area contributed by atoms with Gasteiger partial charge in [-0.05, 0) is 54.3 Å². The molecule has 1 aliphatic rings. The molecule has 2 aromatic rings. The number of nitrogens with one attached hydrogen (secondary N) is 1. The predicted molar refractivity (Wildman–Crippen MR) is 80.0 cm³/mol. The Morgan fingerprint density at radius 3 is 2.65 bits per heavy atom. The lowest BCUT2D eigenvalue weighted by atomic mass is 9.86. The lowest BCUT2D eigenvalue weighted by molar-refractivity contribution is -0.142. The van der Waals surface area contributed by atoms with Crippen LogP contribution in [-0.4, -0.2) is 43.2 Å². The van der Waals surface area contributed by atoms with Gasteiger partial charge in [0.15, 0.2) is 0 Å². The molecule has 0 aliphatic heterocycles. The number of carboxylic acid groups (broad SMARTS) is 1. The van der Waals surface area contributed by atoms with E-state index < -0.39 is 5.97 Å². The van der Waals surface area contributed by atoms with Crippen LogP contribution >= 0.6 is 0 Å². The average molecular weight is 315 g/mol. The van der Waals surface area contributed by atoms with Crippen LogP contribution in [0.15, 0.2) is 30.6 Å². The predicted octanol–water partition coefficient (Wildman–Crippen LogP) is 1.04. The second kappa shape index (κ2) is 6.55. The second-order valence-electron chi connectivity index (χ2n) is 5.66. The van der Waals surface area contributed by atoms with E-state index in [1.54, 1.807) is 18.2 Å². The van der Waals surface area contributed by atoms with Gasteiger partial charge in [-0.1, -0.05) is 6.07 Å². The van der Waals surface area contributed by atoms with Crippen molar-refractivity contribution in [2.75, 3.05) is 0 Å². The van der Waals surface area contributed by atoms with Crippen molar-refractivity contribution in [2.45, 2.75) is 31.7 Å². The molecule has 1 aliphatic carbocycles. The molecular weight excluding hydrogens is 298 g/mol. The Bertz CT molecular complexity index is 693. The summed E-state index contributed by atoms with van der Waals surface area (Å²) in [5, 5.41) is 22.9. The SMILES string of the molecule is O=C(NC1CCC(C(=O)O)CC1)c1cccc(-n2cnnn2)c1. The third kappa shape index (κ3) is 3.53. The smallest absolute Gasteiger partial charge is 0.306 e. The molecule has 8 nitrogen and oxygen atoms in total. The van der Waals surface area contributed by atoms with Gasteiger partial charge in [0.25, 0.3) is 5.91 Å². The molecule has 1 amide bonds. The Hall–Kier alpha value is -2.77. The molecule has 8 heteroatoms. The normalized spacial score (nSPS) is 20.9. The van der Waals surface area contributed by atoms with Crippen LogP contribution < -0.4 is 5.32 Å². The number of amides is 1. The van der Waals surface area contributed by atoms with Crippen LogP contribution in [0.4, 0.5) is 0 Å². The number of aromatic nitrogens is 4. The van der Waals surface area contributed by atoms with E-state index >= 15 is 0 Å². The summed E-state index contributed by atoms with van der Waals surface area (Å²) in [6.45, 7) is 0. The first-order valence-electron chi connectivity index (χ1n) is 7.50. The third-order valence-electron chi connectivity index (χ3n) is 4.13. The molecule has 2 N–H and O–H groups in total. The van der Waals surface area contributed by atoms with Crippen molar-refractivity contribution in [1.82, 2.24) is 25.5 Å². The van der Waals surface area contributed by atoms with Crippen LogP contribution in [0.2, 0.25) is 0 Å². The lowest BCUT2D eigenvalue weighted by Crippen LogP contribution is -2.38. The summed E-state index contributed by atoms with van der Waals surface area (Å²) >= 11 is 0. The Labute approximate surface area is 132 Å². The molecule has 0 unspecified atom stereocenters. The average Bonchev–Trinajstić information content (AvgIpc) is 3.10. The van der Waals surface area contributed by atoms with Gasteiger partial charge in [0, 0.05) is 11.6 Å². The molecule has 1 aromatic heterocycles. The van der Waals surface area contributed by atoms with E-state index in [4.69, 9.17) is 5.11 Å².